The molecular formula is C11H12ClN3O2. The normalized spacial score (nSPS) is 25.1. The van der Waals surface area contributed by atoms with Gasteiger partial charge >= 0.3 is 0 Å². The Morgan fingerprint density at radius 2 is 2.41 bits per heavy atom. The summed E-state index contributed by atoms with van der Waals surface area (Å²) in [5.74, 6) is -0.276. The average Bonchev–Trinajstić information content (AvgIpc) is 2.25. The smallest absolute Gasteiger partial charge is 0.230 e. The summed E-state index contributed by atoms with van der Waals surface area (Å²) in [4.78, 5) is 20.6. The van der Waals surface area contributed by atoms with Gasteiger partial charge in [-0.3, -0.25) is 9.78 Å². The molecule has 1 N–H and O–H groups in total. The van der Waals surface area contributed by atoms with Gasteiger partial charge in [0.1, 0.15) is 10.7 Å². The van der Waals surface area contributed by atoms with E-state index in [1.165, 1.54) is 6.20 Å². The standard InChI is InChI=1S/C11H12ClN3O2/c1-2-6-8-9(13-3-7(12)14-8)11(4-17-5-11)15-10(6)16/h3,6H,2,4-5H2,1H3,(H,15,16). The maximum atomic E-state index is 12.0. The van der Waals surface area contributed by atoms with Crippen molar-refractivity contribution in [3.05, 3.63) is 22.7 Å². The number of nitrogens with zero attached hydrogens (tertiary/aromatic N) is 2. The molecule has 2 aliphatic heterocycles. The Morgan fingerprint density at radius 3 is 3.00 bits per heavy atom. The Hall–Kier alpha value is -1.20. The fourth-order valence-electron chi connectivity index (χ4n) is 2.39. The summed E-state index contributed by atoms with van der Waals surface area (Å²) in [6.45, 7) is 2.86. The Morgan fingerprint density at radius 1 is 1.65 bits per heavy atom. The second kappa shape index (κ2) is 3.65. The summed E-state index contributed by atoms with van der Waals surface area (Å²) >= 11 is 5.86. The third-order valence-electron chi connectivity index (χ3n) is 3.34. The molecule has 3 rings (SSSR count). The Labute approximate surface area is 104 Å². The van der Waals surface area contributed by atoms with E-state index < -0.39 is 5.54 Å². The highest BCUT2D eigenvalue weighted by atomic mass is 35.5. The third-order valence-corrected chi connectivity index (χ3v) is 3.52. The number of aromatic nitrogens is 2. The molecule has 1 aromatic rings. The first kappa shape index (κ1) is 10.9. The van der Waals surface area contributed by atoms with Crippen molar-refractivity contribution in [3.63, 3.8) is 0 Å². The van der Waals surface area contributed by atoms with Gasteiger partial charge in [0.25, 0.3) is 0 Å². The Bertz CT molecular complexity index is 488. The van der Waals surface area contributed by atoms with Crippen LogP contribution in [0.5, 0.6) is 0 Å². The molecule has 3 heterocycles. The van der Waals surface area contributed by atoms with Gasteiger partial charge in [0, 0.05) is 0 Å². The van der Waals surface area contributed by atoms with Crippen LogP contribution < -0.4 is 5.32 Å². The van der Waals surface area contributed by atoms with Crippen LogP contribution in [-0.2, 0) is 15.1 Å². The monoisotopic (exact) mass is 253 g/mol. The summed E-state index contributed by atoms with van der Waals surface area (Å²) in [7, 11) is 0. The van der Waals surface area contributed by atoms with E-state index in [-0.39, 0.29) is 11.8 Å². The van der Waals surface area contributed by atoms with Crippen molar-refractivity contribution in [2.24, 2.45) is 0 Å². The first-order chi connectivity index (χ1) is 8.16. The van der Waals surface area contributed by atoms with E-state index in [1.807, 2.05) is 6.92 Å². The van der Waals surface area contributed by atoms with E-state index in [0.717, 1.165) is 5.69 Å². The number of ether oxygens (including phenoxy) is 1. The Balaban J connectivity index is 2.16. The molecule has 0 saturated carbocycles. The van der Waals surface area contributed by atoms with Crippen molar-refractivity contribution in [1.82, 2.24) is 15.3 Å². The summed E-state index contributed by atoms with van der Waals surface area (Å²) in [5.41, 5.74) is 1.03. The van der Waals surface area contributed by atoms with Gasteiger partial charge in [0.15, 0.2) is 0 Å². The molecular weight excluding hydrogens is 242 g/mol. The van der Waals surface area contributed by atoms with Crippen LogP contribution in [0.25, 0.3) is 0 Å². The molecule has 90 valence electrons. The van der Waals surface area contributed by atoms with Crippen molar-refractivity contribution < 1.29 is 9.53 Å². The molecule has 6 heteroatoms. The minimum atomic E-state index is -0.477. The molecule has 1 amide bonds. The molecule has 0 aromatic carbocycles. The number of nitrogens with one attached hydrogen (secondary N) is 1. The van der Waals surface area contributed by atoms with E-state index in [1.54, 1.807) is 0 Å². The highest BCUT2D eigenvalue weighted by Gasteiger charge is 2.50. The predicted octanol–water partition coefficient (Wildman–Crippen LogP) is 0.979. The highest BCUT2D eigenvalue weighted by Crippen LogP contribution is 2.38. The molecule has 0 radical (unpaired) electrons. The van der Waals surface area contributed by atoms with Crippen LogP contribution in [-0.4, -0.2) is 29.1 Å². The summed E-state index contributed by atoms with van der Waals surface area (Å²) in [6, 6.07) is 0. The quantitative estimate of drug-likeness (QED) is 0.810. The van der Waals surface area contributed by atoms with Crippen molar-refractivity contribution in [2.45, 2.75) is 24.8 Å². The lowest BCUT2D eigenvalue weighted by molar-refractivity contribution is -0.138. The summed E-state index contributed by atoms with van der Waals surface area (Å²) < 4.78 is 5.20. The third kappa shape index (κ3) is 1.46. The molecule has 1 atom stereocenters. The lowest BCUT2D eigenvalue weighted by Gasteiger charge is -2.45. The second-order valence-electron chi connectivity index (χ2n) is 4.45. The highest BCUT2D eigenvalue weighted by molar-refractivity contribution is 6.29. The number of fused-ring (bicyclic) bond motifs is 2. The molecule has 0 bridgehead atoms. The van der Waals surface area contributed by atoms with Crippen LogP contribution >= 0.6 is 11.6 Å². The molecule has 1 saturated heterocycles. The van der Waals surface area contributed by atoms with Crippen molar-refractivity contribution in [1.29, 1.82) is 0 Å². The molecule has 5 nitrogen and oxygen atoms in total. The summed E-state index contributed by atoms with van der Waals surface area (Å²) in [6.07, 6.45) is 2.20. The van der Waals surface area contributed by atoms with Gasteiger partial charge < -0.3 is 10.1 Å². The van der Waals surface area contributed by atoms with Gasteiger partial charge in [0.05, 0.1) is 36.7 Å². The van der Waals surface area contributed by atoms with E-state index >= 15 is 0 Å². The number of amides is 1. The van der Waals surface area contributed by atoms with E-state index in [4.69, 9.17) is 16.3 Å². The van der Waals surface area contributed by atoms with Crippen molar-refractivity contribution in [2.75, 3.05) is 13.2 Å². The minimum absolute atomic E-state index is 0.0140. The fourth-order valence-corrected chi connectivity index (χ4v) is 2.53. The summed E-state index contributed by atoms with van der Waals surface area (Å²) in [5, 5.41) is 3.32. The van der Waals surface area contributed by atoms with E-state index in [9.17, 15) is 4.79 Å². The van der Waals surface area contributed by atoms with Crippen LogP contribution in [0.4, 0.5) is 0 Å². The minimum Gasteiger partial charge on any atom is -0.376 e. The number of carbonyl (C=O) groups excluding carboxylic acids is 1. The van der Waals surface area contributed by atoms with Gasteiger partial charge in [-0.15, -0.1) is 0 Å². The lowest BCUT2D eigenvalue weighted by atomic mass is 9.81. The maximum Gasteiger partial charge on any atom is 0.230 e. The first-order valence-electron chi connectivity index (χ1n) is 5.59. The van der Waals surface area contributed by atoms with E-state index in [0.29, 0.717) is 30.5 Å². The van der Waals surface area contributed by atoms with E-state index in [2.05, 4.69) is 15.3 Å². The van der Waals surface area contributed by atoms with Crippen LogP contribution in [0.15, 0.2) is 6.20 Å². The van der Waals surface area contributed by atoms with Crippen LogP contribution in [0, 0.1) is 0 Å². The van der Waals surface area contributed by atoms with Crippen molar-refractivity contribution >= 4 is 17.5 Å². The topological polar surface area (TPSA) is 64.1 Å². The number of hydrogen-bond acceptors (Lipinski definition) is 4. The average molecular weight is 254 g/mol. The van der Waals surface area contributed by atoms with Gasteiger partial charge in [-0.1, -0.05) is 18.5 Å². The largest absolute Gasteiger partial charge is 0.376 e. The van der Waals surface area contributed by atoms with Crippen LogP contribution in [0.2, 0.25) is 5.15 Å². The van der Waals surface area contributed by atoms with Gasteiger partial charge in [-0.25, -0.2) is 4.98 Å². The predicted molar refractivity (Wildman–Crippen MR) is 60.7 cm³/mol. The molecule has 1 aromatic heterocycles. The lowest BCUT2D eigenvalue weighted by Crippen LogP contribution is -2.63. The van der Waals surface area contributed by atoms with Crippen molar-refractivity contribution in [3.8, 4) is 0 Å². The number of halogens is 1. The zero-order valence-electron chi connectivity index (χ0n) is 9.36. The maximum absolute atomic E-state index is 12.0. The molecule has 0 aliphatic carbocycles. The van der Waals surface area contributed by atoms with Crippen LogP contribution in [0.3, 0.4) is 0 Å². The SMILES string of the molecule is CCC1C(=O)NC2(COC2)c2ncc(Cl)nc21. The fraction of sp³-hybridized carbons (Fsp3) is 0.545. The number of carbonyl (C=O) groups is 1. The zero-order chi connectivity index (χ0) is 12.0. The van der Waals surface area contributed by atoms with Crippen LogP contribution in [0.1, 0.15) is 30.7 Å². The molecule has 1 spiro atoms. The van der Waals surface area contributed by atoms with Gasteiger partial charge in [-0.2, -0.15) is 0 Å². The second-order valence-corrected chi connectivity index (χ2v) is 4.84. The molecule has 1 fully saturated rings. The molecule has 2 aliphatic rings. The molecule has 17 heavy (non-hydrogen) atoms. The van der Waals surface area contributed by atoms with Gasteiger partial charge in [0.2, 0.25) is 5.91 Å². The number of hydrogen-bond donors (Lipinski definition) is 1. The molecule has 1 unspecified atom stereocenters. The van der Waals surface area contributed by atoms with Gasteiger partial charge in [-0.05, 0) is 6.42 Å². The zero-order valence-corrected chi connectivity index (χ0v) is 10.1. The Kier molecular flexibility index (Phi) is 2.34. The first-order valence-corrected chi connectivity index (χ1v) is 5.97. The number of rotatable bonds is 1.